The molecule has 1 aromatic rings. The Balaban J connectivity index is 2.12. The molecule has 0 unspecified atom stereocenters. The lowest BCUT2D eigenvalue weighted by molar-refractivity contribution is 0.315. The van der Waals surface area contributed by atoms with Gasteiger partial charge in [0.25, 0.3) is 0 Å². The largest absolute Gasteiger partial charge is 0.312 e. The molecule has 114 valence electrons. The van der Waals surface area contributed by atoms with Crippen molar-refractivity contribution in [2.75, 3.05) is 20.1 Å². The van der Waals surface area contributed by atoms with Gasteiger partial charge in [0.15, 0.2) is 0 Å². The van der Waals surface area contributed by atoms with E-state index in [9.17, 15) is 0 Å². The lowest BCUT2D eigenvalue weighted by Crippen LogP contribution is -2.36. The molecule has 2 nitrogen and oxygen atoms in total. The van der Waals surface area contributed by atoms with Crippen molar-refractivity contribution in [2.45, 2.75) is 52.1 Å². The van der Waals surface area contributed by atoms with Gasteiger partial charge in [-0.3, -0.25) is 0 Å². The van der Waals surface area contributed by atoms with Crippen molar-refractivity contribution in [2.24, 2.45) is 0 Å². The molecule has 3 heteroatoms. The fourth-order valence-electron chi connectivity index (χ4n) is 2.14. The number of benzene rings is 1. The number of nitrogens with zero attached hydrogens (tertiary/aromatic N) is 1. The highest BCUT2D eigenvalue weighted by molar-refractivity contribution is 6.31. The lowest BCUT2D eigenvalue weighted by atomic mass is 10.1. The Bertz CT molecular complexity index is 385. The van der Waals surface area contributed by atoms with Crippen LogP contribution in [0.3, 0.4) is 0 Å². The highest BCUT2D eigenvalue weighted by Gasteiger charge is 2.07. The summed E-state index contributed by atoms with van der Waals surface area (Å²) in [6, 6.07) is 8.09. The topological polar surface area (TPSA) is 15.3 Å². The van der Waals surface area contributed by atoms with Gasteiger partial charge in [-0.1, -0.05) is 36.2 Å². The molecule has 0 aliphatic heterocycles. The summed E-state index contributed by atoms with van der Waals surface area (Å²) in [6.07, 6.45) is 3.76. The Morgan fingerprint density at radius 3 is 2.45 bits per heavy atom. The van der Waals surface area contributed by atoms with Crippen LogP contribution in [0, 0.1) is 0 Å². The molecule has 1 aromatic carbocycles. The third kappa shape index (κ3) is 7.88. The number of unbranched alkanes of at least 4 members (excludes halogenated alkanes) is 2. The predicted octanol–water partition coefficient (Wildman–Crippen LogP) is 4.33. The van der Waals surface area contributed by atoms with Gasteiger partial charge in [-0.05, 0) is 65.4 Å². The van der Waals surface area contributed by atoms with Gasteiger partial charge in [0.1, 0.15) is 0 Å². The molecule has 1 N–H and O–H groups in total. The smallest absolute Gasteiger partial charge is 0.0451 e. The average Bonchev–Trinajstić information content (AvgIpc) is 2.35. The van der Waals surface area contributed by atoms with Gasteiger partial charge in [0.2, 0.25) is 0 Å². The van der Waals surface area contributed by atoms with E-state index >= 15 is 0 Å². The Morgan fingerprint density at radius 2 is 1.80 bits per heavy atom. The fraction of sp³-hybridized carbons (Fsp3) is 0.647. The second kappa shape index (κ2) is 8.66. The standard InChI is InChI=1S/C17H29ClN2/c1-17(2,3)19-12-8-5-9-13-20(4)14-15-10-6-7-11-16(15)18/h6-7,10-11,19H,5,8-9,12-14H2,1-4H3. The Hall–Kier alpha value is -0.570. The zero-order chi connectivity index (χ0) is 15.0. The van der Waals surface area contributed by atoms with Gasteiger partial charge in [-0.2, -0.15) is 0 Å². The minimum absolute atomic E-state index is 0.237. The molecule has 0 saturated carbocycles. The molecule has 0 radical (unpaired) electrons. The van der Waals surface area contributed by atoms with Gasteiger partial charge in [0.05, 0.1) is 0 Å². The maximum atomic E-state index is 6.18. The van der Waals surface area contributed by atoms with Crippen LogP contribution in [0.15, 0.2) is 24.3 Å². The van der Waals surface area contributed by atoms with Crippen LogP contribution in [0.1, 0.15) is 45.6 Å². The molecule has 0 heterocycles. The molecule has 0 amide bonds. The molecule has 0 spiro atoms. The van der Waals surface area contributed by atoms with Crippen LogP contribution in [0.25, 0.3) is 0 Å². The van der Waals surface area contributed by atoms with E-state index in [-0.39, 0.29) is 5.54 Å². The summed E-state index contributed by atoms with van der Waals surface area (Å²) >= 11 is 6.18. The van der Waals surface area contributed by atoms with Crippen LogP contribution in [0.2, 0.25) is 5.02 Å². The predicted molar refractivity (Wildman–Crippen MR) is 89.4 cm³/mol. The monoisotopic (exact) mass is 296 g/mol. The third-order valence-corrected chi connectivity index (χ3v) is 3.64. The maximum Gasteiger partial charge on any atom is 0.0451 e. The minimum atomic E-state index is 0.237. The second-order valence-electron chi connectivity index (χ2n) is 6.57. The fourth-order valence-corrected chi connectivity index (χ4v) is 2.34. The molecule has 0 aliphatic carbocycles. The van der Waals surface area contributed by atoms with Crippen molar-refractivity contribution in [3.63, 3.8) is 0 Å². The van der Waals surface area contributed by atoms with E-state index in [0.29, 0.717) is 0 Å². The number of rotatable bonds is 8. The molecule has 0 saturated heterocycles. The van der Waals surface area contributed by atoms with Crippen LogP contribution < -0.4 is 5.32 Å². The summed E-state index contributed by atoms with van der Waals surface area (Å²) in [5.41, 5.74) is 1.45. The first-order chi connectivity index (χ1) is 9.38. The third-order valence-electron chi connectivity index (χ3n) is 3.27. The zero-order valence-electron chi connectivity index (χ0n) is 13.4. The highest BCUT2D eigenvalue weighted by Crippen LogP contribution is 2.16. The average molecular weight is 297 g/mol. The lowest BCUT2D eigenvalue weighted by Gasteiger charge is -2.21. The normalized spacial score (nSPS) is 12.1. The first-order valence-corrected chi connectivity index (χ1v) is 7.93. The number of hydrogen-bond acceptors (Lipinski definition) is 2. The molecule has 20 heavy (non-hydrogen) atoms. The van der Waals surface area contributed by atoms with Crippen molar-refractivity contribution >= 4 is 11.6 Å². The van der Waals surface area contributed by atoms with Gasteiger partial charge < -0.3 is 10.2 Å². The van der Waals surface area contributed by atoms with Crippen molar-refractivity contribution in [1.82, 2.24) is 10.2 Å². The van der Waals surface area contributed by atoms with Gasteiger partial charge >= 0.3 is 0 Å². The van der Waals surface area contributed by atoms with Gasteiger partial charge in [-0.25, -0.2) is 0 Å². The molecule has 0 fully saturated rings. The van der Waals surface area contributed by atoms with Crippen LogP contribution in [-0.2, 0) is 6.54 Å². The SMILES string of the molecule is CN(CCCCCNC(C)(C)C)Cc1ccccc1Cl. The van der Waals surface area contributed by atoms with Crippen molar-refractivity contribution in [1.29, 1.82) is 0 Å². The van der Waals surface area contributed by atoms with E-state index in [1.807, 2.05) is 18.2 Å². The summed E-state index contributed by atoms with van der Waals surface area (Å²) < 4.78 is 0. The van der Waals surface area contributed by atoms with E-state index in [0.717, 1.165) is 24.7 Å². The molecule has 0 bridgehead atoms. The van der Waals surface area contributed by atoms with E-state index in [4.69, 9.17) is 11.6 Å². The van der Waals surface area contributed by atoms with E-state index in [1.165, 1.54) is 24.8 Å². The first-order valence-electron chi connectivity index (χ1n) is 7.55. The highest BCUT2D eigenvalue weighted by atomic mass is 35.5. The Kier molecular flexibility index (Phi) is 7.57. The summed E-state index contributed by atoms with van der Waals surface area (Å²) in [7, 11) is 2.16. The second-order valence-corrected chi connectivity index (χ2v) is 6.97. The molecule has 1 rings (SSSR count). The molecule has 0 atom stereocenters. The number of nitrogens with one attached hydrogen (secondary N) is 1. The van der Waals surface area contributed by atoms with Crippen LogP contribution in [0.5, 0.6) is 0 Å². The van der Waals surface area contributed by atoms with Crippen molar-refractivity contribution in [3.8, 4) is 0 Å². The summed E-state index contributed by atoms with van der Waals surface area (Å²) in [6.45, 7) is 9.80. The zero-order valence-corrected chi connectivity index (χ0v) is 14.1. The summed E-state index contributed by atoms with van der Waals surface area (Å²) in [5, 5.41) is 4.40. The summed E-state index contributed by atoms with van der Waals surface area (Å²) in [5.74, 6) is 0. The van der Waals surface area contributed by atoms with Crippen molar-refractivity contribution < 1.29 is 0 Å². The van der Waals surface area contributed by atoms with E-state index in [2.05, 4.69) is 44.1 Å². The Morgan fingerprint density at radius 1 is 1.10 bits per heavy atom. The van der Waals surface area contributed by atoms with Crippen LogP contribution in [-0.4, -0.2) is 30.6 Å². The first kappa shape index (κ1) is 17.5. The molecular weight excluding hydrogens is 268 g/mol. The van der Waals surface area contributed by atoms with E-state index in [1.54, 1.807) is 0 Å². The molecule has 0 aromatic heterocycles. The van der Waals surface area contributed by atoms with Gasteiger partial charge in [-0.15, -0.1) is 0 Å². The maximum absolute atomic E-state index is 6.18. The number of hydrogen-bond donors (Lipinski definition) is 1. The summed E-state index contributed by atoms with van der Waals surface area (Å²) in [4.78, 5) is 2.35. The van der Waals surface area contributed by atoms with Crippen LogP contribution in [0.4, 0.5) is 0 Å². The quantitative estimate of drug-likeness (QED) is 0.718. The van der Waals surface area contributed by atoms with E-state index < -0.39 is 0 Å². The Labute approximate surface area is 129 Å². The van der Waals surface area contributed by atoms with Crippen LogP contribution >= 0.6 is 11.6 Å². The van der Waals surface area contributed by atoms with Gasteiger partial charge in [0, 0.05) is 17.1 Å². The minimum Gasteiger partial charge on any atom is -0.312 e. The molecule has 0 aliphatic rings. The molecular formula is C17H29ClN2. The number of halogens is 1. The van der Waals surface area contributed by atoms with Crippen molar-refractivity contribution in [3.05, 3.63) is 34.9 Å².